The van der Waals surface area contributed by atoms with Crippen molar-refractivity contribution < 1.29 is 14.7 Å². The van der Waals surface area contributed by atoms with Crippen LogP contribution in [-0.2, 0) is 10.5 Å². The topological polar surface area (TPSA) is 108 Å². The van der Waals surface area contributed by atoms with Crippen molar-refractivity contribution in [3.05, 3.63) is 59.7 Å². The third-order valence-electron chi connectivity index (χ3n) is 3.49. The number of rotatable bonds is 6. The first-order chi connectivity index (χ1) is 12.5. The van der Waals surface area contributed by atoms with Crippen LogP contribution in [0.2, 0.25) is 0 Å². The van der Waals surface area contributed by atoms with Crippen LogP contribution in [-0.4, -0.2) is 32.2 Å². The second kappa shape index (κ2) is 7.83. The third-order valence-corrected chi connectivity index (χ3v) is 4.40. The molecule has 8 heteroatoms. The summed E-state index contributed by atoms with van der Waals surface area (Å²) in [5.41, 5.74) is 2.72. The summed E-state index contributed by atoms with van der Waals surface area (Å²) in [5.74, 6) is 0.129. The molecule has 0 bridgehead atoms. The number of anilines is 1. The zero-order valence-electron chi connectivity index (χ0n) is 13.9. The van der Waals surface area contributed by atoms with Crippen LogP contribution in [0.4, 0.5) is 5.69 Å². The van der Waals surface area contributed by atoms with E-state index in [0.29, 0.717) is 22.4 Å². The Hall–Kier alpha value is -3.13. The van der Waals surface area contributed by atoms with Gasteiger partial charge in [-0.1, -0.05) is 23.9 Å². The maximum atomic E-state index is 11.0. The van der Waals surface area contributed by atoms with E-state index in [1.165, 1.54) is 18.7 Å². The van der Waals surface area contributed by atoms with Gasteiger partial charge in [-0.15, -0.1) is 5.10 Å². The molecule has 132 valence electrons. The summed E-state index contributed by atoms with van der Waals surface area (Å²) in [6.45, 7) is 1.46. The second-order valence-corrected chi connectivity index (χ2v) is 6.46. The van der Waals surface area contributed by atoms with Crippen LogP contribution in [0.3, 0.4) is 0 Å². The molecule has 0 fully saturated rings. The first-order valence-electron chi connectivity index (χ1n) is 7.77. The van der Waals surface area contributed by atoms with E-state index in [-0.39, 0.29) is 11.5 Å². The summed E-state index contributed by atoms with van der Waals surface area (Å²) >= 11 is 1.42. The molecule has 0 atom stereocenters. The number of carbonyl (C=O) groups excluding carboxylic acids is 1. The molecular weight excluding hydrogens is 352 g/mol. The van der Waals surface area contributed by atoms with Crippen molar-refractivity contribution in [2.24, 2.45) is 0 Å². The number of amides is 1. The Kier molecular flexibility index (Phi) is 5.33. The molecule has 2 aromatic carbocycles. The first kappa shape index (κ1) is 17.7. The normalized spacial score (nSPS) is 10.5. The monoisotopic (exact) mass is 368 g/mol. The lowest BCUT2D eigenvalue weighted by atomic mass is 10.1. The van der Waals surface area contributed by atoms with E-state index < -0.39 is 5.97 Å². The highest BCUT2D eigenvalue weighted by Gasteiger charge is 2.08. The van der Waals surface area contributed by atoms with E-state index in [1.54, 1.807) is 30.3 Å². The Morgan fingerprint density at radius 2 is 1.96 bits per heavy atom. The van der Waals surface area contributed by atoms with E-state index in [9.17, 15) is 9.59 Å². The van der Waals surface area contributed by atoms with Gasteiger partial charge < -0.3 is 10.4 Å². The van der Waals surface area contributed by atoms with E-state index in [4.69, 9.17) is 5.11 Å². The van der Waals surface area contributed by atoms with E-state index in [0.717, 1.165) is 11.1 Å². The number of aromatic carboxylic acids is 1. The lowest BCUT2D eigenvalue weighted by molar-refractivity contribution is -0.114. The number of hydrogen-bond acceptors (Lipinski definition) is 5. The van der Waals surface area contributed by atoms with Gasteiger partial charge in [-0.3, -0.25) is 9.89 Å². The number of hydrogen-bond donors (Lipinski definition) is 3. The number of carboxylic acid groups (broad SMARTS) is 1. The maximum absolute atomic E-state index is 11.0. The number of aromatic nitrogens is 3. The molecule has 3 rings (SSSR count). The van der Waals surface area contributed by atoms with Gasteiger partial charge in [0.05, 0.1) is 5.56 Å². The van der Waals surface area contributed by atoms with Crippen LogP contribution in [0.25, 0.3) is 11.4 Å². The van der Waals surface area contributed by atoms with Gasteiger partial charge in [0.1, 0.15) is 0 Å². The number of aromatic amines is 1. The number of nitrogens with one attached hydrogen (secondary N) is 2. The number of H-pyrrole nitrogens is 1. The number of benzene rings is 2. The van der Waals surface area contributed by atoms with Crippen molar-refractivity contribution >= 4 is 29.3 Å². The molecule has 0 saturated carbocycles. The number of nitrogens with zero attached hydrogens (tertiary/aromatic N) is 2. The summed E-state index contributed by atoms with van der Waals surface area (Å²) in [5, 5.41) is 19.4. The maximum Gasteiger partial charge on any atom is 0.335 e. The van der Waals surface area contributed by atoms with E-state index in [2.05, 4.69) is 20.5 Å². The highest BCUT2D eigenvalue weighted by Crippen LogP contribution is 2.23. The van der Waals surface area contributed by atoms with Gasteiger partial charge in [-0.25, -0.2) is 9.78 Å². The average molecular weight is 368 g/mol. The molecule has 1 aromatic heterocycles. The zero-order valence-corrected chi connectivity index (χ0v) is 14.7. The minimum atomic E-state index is -0.945. The fraction of sp³-hybridized carbons (Fsp3) is 0.111. The van der Waals surface area contributed by atoms with Gasteiger partial charge >= 0.3 is 5.97 Å². The number of thioether (sulfide) groups is 1. The fourth-order valence-corrected chi connectivity index (χ4v) is 3.04. The van der Waals surface area contributed by atoms with Gasteiger partial charge in [0.15, 0.2) is 5.82 Å². The Bertz CT molecular complexity index is 938. The molecule has 0 spiro atoms. The minimum Gasteiger partial charge on any atom is -0.478 e. The highest BCUT2D eigenvalue weighted by molar-refractivity contribution is 7.98. The lowest BCUT2D eigenvalue weighted by Crippen LogP contribution is -2.05. The van der Waals surface area contributed by atoms with Gasteiger partial charge in [0, 0.05) is 23.9 Å². The molecule has 0 unspecified atom stereocenters. The molecule has 3 N–H and O–H groups in total. The lowest BCUT2D eigenvalue weighted by Gasteiger charge is -2.02. The quantitative estimate of drug-likeness (QED) is 0.575. The van der Waals surface area contributed by atoms with Crippen LogP contribution >= 0.6 is 11.8 Å². The molecule has 0 saturated heterocycles. The minimum absolute atomic E-state index is 0.122. The standard InChI is InChI=1S/C18H16N4O3S/c1-11(23)19-15-7-5-13(6-8-15)16-20-18(22-21-16)26-10-12-3-2-4-14(9-12)17(24)25/h2-9H,10H2,1H3,(H,19,23)(H,24,25)(H,20,21,22). The second-order valence-electron chi connectivity index (χ2n) is 5.52. The molecule has 3 aromatic rings. The molecule has 1 heterocycles. The number of carbonyl (C=O) groups is 2. The largest absolute Gasteiger partial charge is 0.478 e. The van der Waals surface area contributed by atoms with Crippen molar-refractivity contribution in [1.82, 2.24) is 15.2 Å². The molecule has 0 aliphatic heterocycles. The molecule has 7 nitrogen and oxygen atoms in total. The van der Waals surface area contributed by atoms with Gasteiger partial charge in [-0.05, 0) is 42.0 Å². The van der Waals surface area contributed by atoms with Crippen molar-refractivity contribution in [3.8, 4) is 11.4 Å². The van der Waals surface area contributed by atoms with E-state index in [1.807, 2.05) is 18.2 Å². The molecule has 0 aliphatic rings. The SMILES string of the molecule is CC(=O)Nc1ccc(-c2nc(SCc3cccc(C(=O)O)c3)n[nH]2)cc1. The van der Waals surface area contributed by atoms with Gasteiger partial charge in [0.2, 0.25) is 11.1 Å². The third kappa shape index (κ3) is 4.48. The molecule has 26 heavy (non-hydrogen) atoms. The van der Waals surface area contributed by atoms with Gasteiger partial charge in [-0.2, -0.15) is 0 Å². The van der Waals surface area contributed by atoms with Crippen LogP contribution in [0.5, 0.6) is 0 Å². The zero-order chi connectivity index (χ0) is 18.5. The van der Waals surface area contributed by atoms with Crippen molar-refractivity contribution in [2.75, 3.05) is 5.32 Å². The van der Waals surface area contributed by atoms with Crippen molar-refractivity contribution in [3.63, 3.8) is 0 Å². The smallest absolute Gasteiger partial charge is 0.335 e. The summed E-state index contributed by atoms with van der Waals surface area (Å²) < 4.78 is 0. The molecule has 1 amide bonds. The first-order valence-corrected chi connectivity index (χ1v) is 8.75. The number of carboxylic acids is 1. The van der Waals surface area contributed by atoms with E-state index >= 15 is 0 Å². The fourth-order valence-electron chi connectivity index (χ4n) is 2.30. The Morgan fingerprint density at radius 1 is 1.19 bits per heavy atom. The molecule has 0 aliphatic carbocycles. The van der Waals surface area contributed by atoms with Crippen LogP contribution in [0.15, 0.2) is 53.7 Å². The highest BCUT2D eigenvalue weighted by atomic mass is 32.2. The predicted molar refractivity (Wildman–Crippen MR) is 99.1 cm³/mol. The van der Waals surface area contributed by atoms with Crippen molar-refractivity contribution in [1.29, 1.82) is 0 Å². The Balaban J connectivity index is 1.65. The van der Waals surface area contributed by atoms with Crippen LogP contribution in [0.1, 0.15) is 22.8 Å². The van der Waals surface area contributed by atoms with Crippen LogP contribution in [0, 0.1) is 0 Å². The molecular formula is C18H16N4O3S. The average Bonchev–Trinajstić information content (AvgIpc) is 3.09. The summed E-state index contributed by atoms with van der Waals surface area (Å²) in [6, 6.07) is 14.1. The predicted octanol–water partition coefficient (Wildman–Crippen LogP) is 3.42. The van der Waals surface area contributed by atoms with Crippen LogP contribution < -0.4 is 5.32 Å². The summed E-state index contributed by atoms with van der Waals surface area (Å²) in [6.07, 6.45) is 0. The summed E-state index contributed by atoms with van der Waals surface area (Å²) in [7, 11) is 0. The van der Waals surface area contributed by atoms with Gasteiger partial charge in [0.25, 0.3) is 0 Å². The summed E-state index contributed by atoms with van der Waals surface area (Å²) in [4.78, 5) is 26.5. The molecule has 0 radical (unpaired) electrons. The Morgan fingerprint density at radius 3 is 2.65 bits per heavy atom. The Labute approximate surface area is 153 Å². The van der Waals surface area contributed by atoms with Crippen molar-refractivity contribution in [2.45, 2.75) is 17.8 Å².